The molecular weight excluding hydrogens is 543 g/mol. The molecule has 2 aromatic heterocycles. The molecule has 4 rings (SSSR count). The van der Waals surface area contributed by atoms with Gasteiger partial charge in [-0.1, -0.05) is 11.8 Å². The van der Waals surface area contributed by atoms with Crippen LogP contribution in [-0.2, 0) is 16.6 Å². The van der Waals surface area contributed by atoms with Gasteiger partial charge in [-0.2, -0.15) is 0 Å². The molecule has 1 aromatic carbocycles. The van der Waals surface area contributed by atoms with Crippen LogP contribution in [0.2, 0.25) is 0 Å². The molecule has 30 heavy (non-hydrogen) atoms. The second kappa shape index (κ2) is 8.72. The van der Waals surface area contributed by atoms with E-state index >= 15 is 0 Å². The summed E-state index contributed by atoms with van der Waals surface area (Å²) in [4.78, 5) is 14.0. The van der Waals surface area contributed by atoms with E-state index in [1.807, 2.05) is 16.7 Å². The highest BCUT2D eigenvalue weighted by Gasteiger charge is 2.20. The summed E-state index contributed by atoms with van der Waals surface area (Å²) in [6, 6.07) is 3.87. The SMILES string of the molecule is CS(=O)(=O)NCCCn1c(Sc2cc3c(cc2I)OCCO3)nc2c(N)ncnc21. The predicted molar refractivity (Wildman–Crippen MR) is 121 cm³/mol. The van der Waals surface area contributed by atoms with Gasteiger partial charge in [0.2, 0.25) is 10.0 Å². The van der Waals surface area contributed by atoms with Crippen LogP contribution in [0.15, 0.2) is 28.5 Å². The zero-order valence-corrected chi connectivity index (χ0v) is 19.8. The van der Waals surface area contributed by atoms with Crippen molar-refractivity contribution in [3.8, 4) is 11.5 Å². The van der Waals surface area contributed by atoms with Gasteiger partial charge >= 0.3 is 0 Å². The van der Waals surface area contributed by atoms with Crippen molar-refractivity contribution in [1.82, 2.24) is 24.2 Å². The number of ether oxygens (including phenoxy) is 2. The van der Waals surface area contributed by atoms with E-state index in [1.165, 1.54) is 18.1 Å². The predicted octanol–water partition coefficient (Wildman–Crippen LogP) is 1.87. The molecule has 0 amide bonds. The van der Waals surface area contributed by atoms with Gasteiger partial charge in [0.05, 0.1) is 6.26 Å². The monoisotopic (exact) mass is 562 g/mol. The molecule has 3 aromatic rings. The molecule has 0 spiro atoms. The molecule has 0 aliphatic carbocycles. The van der Waals surface area contributed by atoms with Gasteiger partial charge in [0.15, 0.2) is 33.6 Å². The number of nitrogen functional groups attached to an aromatic ring is 1. The smallest absolute Gasteiger partial charge is 0.208 e. The quantitative estimate of drug-likeness (QED) is 0.327. The summed E-state index contributed by atoms with van der Waals surface area (Å²) >= 11 is 3.71. The molecular formula is C17H19IN6O4S2. The number of aryl methyl sites for hydroxylation is 1. The number of aromatic nitrogens is 4. The zero-order chi connectivity index (χ0) is 21.3. The third-order valence-corrected chi connectivity index (χ3v) is 7.28. The van der Waals surface area contributed by atoms with E-state index < -0.39 is 10.0 Å². The van der Waals surface area contributed by atoms with Gasteiger partial charge in [0.1, 0.15) is 19.5 Å². The molecule has 1 aliphatic heterocycles. The first kappa shape index (κ1) is 21.4. The molecule has 10 nitrogen and oxygen atoms in total. The van der Waals surface area contributed by atoms with Gasteiger partial charge in [0.25, 0.3) is 0 Å². The number of hydrogen-bond donors (Lipinski definition) is 2. The van der Waals surface area contributed by atoms with Crippen molar-refractivity contribution in [3.05, 3.63) is 22.0 Å². The van der Waals surface area contributed by atoms with Crippen LogP contribution < -0.4 is 19.9 Å². The molecule has 1 aliphatic rings. The number of benzene rings is 1. The first-order valence-corrected chi connectivity index (χ1v) is 12.8. The molecule has 0 saturated heterocycles. The molecule has 160 valence electrons. The van der Waals surface area contributed by atoms with Crippen LogP contribution in [0.4, 0.5) is 5.82 Å². The molecule has 0 bridgehead atoms. The summed E-state index contributed by atoms with van der Waals surface area (Å²) < 4.78 is 39.4. The summed E-state index contributed by atoms with van der Waals surface area (Å²) in [5.74, 6) is 1.72. The molecule has 3 heterocycles. The maximum Gasteiger partial charge on any atom is 0.208 e. The van der Waals surface area contributed by atoms with Crippen LogP contribution >= 0.6 is 34.4 Å². The van der Waals surface area contributed by atoms with Crippen LogP contribution in [0.5, 0.6) is 11.5 Å². The van der Waals surface area contributed by atoms with Crippen molar-refractivity contribution in [2.24, 2.45) is 0 Å². The lowest BCUT2D eigenvalue weighted by molar-refractivity contribution is 0.171. The minimum atomic E-state index is -3.24. The normalized spacial score (nSPS) is 13.7. The fourth-order valence-electron chi connectivity index (χ4n) is 2.93. The van der Waals surface area contributed by atoms with Crippen molar-refractivity contribution >= 4 is 61.4 Å². The standard InChI is InChI=1S/C17H19IN6O4S2/c1-30(25,26)22-3-2-4-24-16-14(15(19)20-9-21-16)23-17(24)29-13-8-12-11(7-10(13)18)27-5-6-28-12/h7-9,22H,2-6H2,1H3,(H2,19,20,21). The Labute approximate surface area is 191 Å². The van der Waals surface area contributed by atoms with Gasteiger partial charge in [-0.3, -0.25) is 0 Å². The molecule has 13 heteroatoms. The molecule has 3 N–H and O–H groups in total. The van der Waals surface area contributed by atoms with E-state index in [-0.39, 0.29) is 0 Å². The summed E-state index contributed by atoms with van der Waals surface area (Å²) in [6.45, 7) is 1.87. The molecule has 0 unspecified atom stereocenters. The molecule has 0 radical (unpaired) electrons. The van der Waals surface area contributed by atoms with Crippen LogP contribution in [0.25, 0.3) is 11.2 Å². The average molecular weight is 562 g/mol. The Hall–Kier alpha value is -1.84. The fourth-order valence-corrected chi connectivity index (χ4v) is 5.16. The molecule has 0 fully saturated rings. The Morgan fingerprint density at radius 1 is 1.27 bits per heavy atom. The number of rotatable bonds is 7. The van der Waals surface area contributed by atoms with Crippen LogP contribution in [-0.4, -0.2) is 54.0 Å². The van der Waals surface area contributed by atoms with Crippen LogP contribution in [0.3, 0.4) is 0 Å². The van der Waals surface area contributed by atoms with E-state index in [1.54, 1.807) is 0 Å². The number of fused-ring (bicyclic) bond motifs is 2. The van der Waals surface area contributed by atoms with E-state index in [0.29, 0.717) is 60.6 Å². The fraction of sp³-hybridized carbons (Fsp3) is 0.353. The Balaban J connectivity index is 1.65. The third-order valence-electron chi connectivity index (χ3n) is 4.25. The maximum atomic E-state index is 11.3. The number of anilines is 1. The Morgan fingerprint density at radius 3 is 2.73 bits per heavy atom. The molecule has 0 saturated carbocycles. The topological polar surface area (TPSA) is 134 Å². The van der Waals surface area contributed by atoms with E-state index in [9.17, 15) is 8.42 Å². The number of sulfonamides is 1. The van der Waals surface area contributed by atoms with Crippen molar-refractivity contribution in [2.45, 2.75) is 23.0 Å². The van der Waals surface area contributed by atoms with Crippen LogP contribution in [0, 0.1) is 3.57 Å². The van der Waals surface area contributed by atoms with Gasteiger partial charge in [-0.25, -0.2) is 28.1 Å². The largest absolute Gasteiger partial charge is 0.486 e. The van der Waals surface area contributed by atoms with Gasteiger partial charge in [-0.15, -0.1) is 0 Å². The summed E-state index contributed by atoms with van der Waals surface area (Å²) in [5.41, 5.74) is 7.12. The van der Waals surface area contributed by atoms with Crippen molar-refractivity contribution < 1.29 is 17.9 Å². The van der Waals surface area contributed by atoms with Crippen LogP contribution in [0.1, 0.15) is 6.42 Å². The van der Waals surface area contributed by atoms with Crippen molar-refractivity contribution in [1.29, 1.82) is 0 Å². The maximum absolute atomic E-state index is 11.3. The minimum absolute atomic E-state index is 0.298. The second-order valence-electron chi connectivity index (χ2n) is 6.53. The summed E-state index contributed by atoms with van der Waals surface area (Å²) in [5, 5.41) is 0.686. The van der Waals surface area contributed by atoms with Crippen molar-refractivity contribution in [2.75, 3.05) is 31.7 Å². The minimum Gasteiger partial charge on any atom is -0.486 e. The first-order chi connectivity index (χ1) is 14.3. The van der Waals surface area contributed by atoms with E-state index in [0.717, 1.165) is 20.5 Å². The van der Waals surface area contributed by atoms with Gasteiger partial charge in [0, 0.05) is 21.6 Å². The number of imidazole rings is 1. The lowest BCUT2D eigenvalue weighted by atomic mass is 10.3. The lowest BCUT2D eigenvalue weighted by Crippen LogP contribution is -2.24. The third kappa shape index (κ3) is 4.73. The second-order valence-corrected chi connectivity index (χ2v) is 10.5. The number of nitrogens with one attached hydrogen (secondary N) is 1. The number of hydrogen-bond acceptors (Lipinski definition) is 9. The Kier molecular flexibility index (Phi) is 6.22. The Bertz CT molecular complexity index is 1200. The highest BCUT2D eigenvalue weighted by atomic mass is 127. The number of halogens is 1. The lowest BCUT2D eigenvalue weighted by Gasteiger charge is -2.19. The number of nitrogens with zero attached hydrogens (tertiary/aromatic N) is 4. The summed E-state index contributed by atoms with van der Waals surface area (Å²) in [6.07, 6.45) is 3.10. The van der Waals surface area contributed by atoms with Gasteiger partial charge < -0.3 is 19.8 Å². The zero-order valence-electron chi connectivity index (χ0n) is 16.0. The highest BCUT2D eigenvalue weighted by Crippen LogP contribution is 2.40. The number of nitrogens with two attached hydrogens (primary N) is 1. The van der Waals surface area contributed by atoms with E-state index in [4.69, 9.17) is 15.2 Å². The summed E-state index contributed by atoms with van der Waals surface area (Å²) in [7, 11) is -3.24. The van der Waals surface area contributed by atoms with E-state index in [2.05, 4.69) is 42.3 Å². The van der Waals surface area contributed by atoms with Gasteiger partial charge in [-0.05, 0) is 41.1 Å². The average Bonchev–Trinajstić information content (AvgIpc) is 3.04. The van der Waals surface area contributed by atoms with Crippen molar-refractivity contribution in [3.63, 3.8) is 0 Å². The highest BCUT2D eigenvalue weighted by molar-refractivity contribution is 14.1. The molecule has 0 atom stereocenters. The Morgan fingerprint density at radius 2 is 2.00 bits per heavy atom. The first-order valence-electron chi connectivity index (χ1n) is 9.00.